The summed E-state index contributed by atoms with van der Waals surface area (Å²) in [5.41, 5.74) is 4.08. The third-order valence-electron chi connectivity index (χ3n) is 5.34. The molecule has 0 saturated heterocycles. The summed E-state index contributed by atoms with van der Waals surface area (Å²) in [6, 6.07) is 7.73. The minimum Gasteiger partial charge on any atom is -0.463 e. The molecule has 0 aromatic heterocycles. The maximum absolute atomic E-state index is 12.9. The van der Waals surface area contributed by atoms with E-state index in [4.69, 9.17) is 4.74 Å². The van der Waals surface area contributed by atoms with Crippen LogP contribution in [0, 0.1) is 6.92 Å². The first-order valence-corrected chi connectivity index (χ1v) is 11.2. The van der Waals surface area contributed by atoms with E-state index in [0.717, 1.165) is 28.4 Å². The van der Waals surface area contributed by atoms with Crippen LogP contribution in [0.5, 0.6) is 0 Å². The molecule has 2 heterocycles. The number of benzene rings is 1. The predicted molar refractivity (Wildman–Crippen MR) is 121 cm³/mol. The number of rotatable bonds is 7. The van der Waals surface area contributed by atoms with Crippen LogP contribution in [0.3, 0.4) is 0 Å². The molecule has 1 N–H and O–H groups in total. The van der Waals surface area contributed by atoms with Gasteiger partial charge in [-0.1, -0.05) is 43.0 Å². The summed E-state index contributed by atoms with van der Waals surface area (Å²) in [4.78, 5) is 32.2. The number of esters is 1. The lowest BCUT2D eigenvalue weighted by Gasteiger charge is -2.37. The molecule has 0 radical (unpaired) electrons. The Balaban J connectivity index is 2.02. The number of hydrogen-bond donors (Lipinski definition) is 1. The highest BCUT2D eigenvalue weighted by molar-refractivity contribution is 8.16. The number of amides is 1. The largest absolute Gasteiger partial charge is 0.463 e. The zero-order valence-corrected chi connectivity index (χ0v) is 19.0. The highest BCUT2D eigenvalue weighted by Crippen LogP contribution is 2.45. The topological polar surface area (TPSA) is 71.0 Å². The van der Waals surface area contributed by atoms with Crippen molar-refractivity contribution in [1.29, 1.82) is 0 Å². The zero-order valence-electron chi connectivity index (χ0n) is 18.2. The van der Waals surface area contributed by atoms with Crippen LogP contribution < -0.4 is 5.32 Å². The van der Waals surface area contributed by atoms with E-state index in [-0.39, 0.29) is 30.4 Å². The van der Waals surface area contributed by atoms with Crippen molar-refractivity contribution in [2.24, 2.45) is 4.99 Å². The number of fused-ring (bicyclic) bond motifs is 1. The Morgan fingerprint density at radius 2 is 2.00 bits per heavy atom. The Bertz CT molecular complexity index is 935. The number of amidine groups is 1. The van der Waals surface area contributed by atoms with E-state index >= 15 is 0 Å². The van der Waals surface area contributed by atoms with Crippen molar-refractivity contribution < 1.29 is 14.3 Å². The molecule has 2 unspecified atom stereocenters. The van der Waals surface area contributed by atoms with Gasteiger partial charge in [0.05, 0.1) is 30.3 Å². The van der Waals surface area contributed by atoms with Gasteiger partial charge in [-0.15, -0.1) is 0 Å². The third kappa shape index (κ3) is 4.46. The molecule has 3 rings (SSSR count). The van der Waals surface area contributed by atoms with Gasteiger partial charge in [0.2, 0.25) is 5.91 Å². The predicted octanol–water partition coefficient (Wildman–Crippen LogP) is 4.44. The Morgan fingerprint density at radius 1 is 1.27 bits per heavy atom. The molecule has 160 valence electrons. The molecule has 1 aromatic carbocycles. The standard InChI is InChI=1S/C23H29N3O3S/c1-6-15(4)24-19(27)12-17-13-30-23-25-16(5)20(22(28)29-7-2)21(26(17)23)18-11-9-8-10-14(18)3/h8-11,13,15,21H,6-7,12H2,1-5H3,(H,24,27). The number of thioether (sulfide) groups is 1. The van der Waals surface area contributed by atoms with Gasteiger partial charge >= 0.3 is 5.97 Å². The van der Waals surface area contributed by atoms with Crippen molar-refractivity contribution in [2.75, 3.05) is 6.61 Å². The van der Waals surface area contributed by atoms with Crippen LogP contribution in [0.25, 0.3) is 0 Å². The number of nitrogens with one attached hydrogen (secondary N) is 1. The normalized spacial score (nSPS) is 19.1. The SMILES string of the molecule is CCOC(=O)C1=C(C)N=C2SC=C(CC(=O)NC(C)CC)N2C1c1ccccc1C. The van der Waals surface area contributed by atoms with Gasteiger partial charge in [0.1, 0.15) is 0 Å². The first-order valence-electron chi connectivity index (χ1n) is 10.3. The Hall–Kier alpha value is -2.54. The molecule has 0 spiro atoms. The fraction of sp³-hybridized carbons (Fsp3) is 0.435. The third-order valence-corrected chi connectivity index (χ3v) is 6.23. The van der Waals surface area contributed by atoms with E-state index < -0.39 is 0 Å². The van der Waals surface area contributed by atoms with E-state index in [1.807, 2.05) is 62.3 Å². The number of allylic oxidation sites excluding steroid dienone is 1. The van der Waals surface area contributed by atoms with Gasteiger partial charge in [-0.3, -0.25) is 4.79 Å². The molecule has 2 aliphatic rings. The lowest BCUT2D eigenvalue weighted by atomic mass is 9.91. The first kappa shape index (κ1) is 22.2. The van der Waals surface area contributed by atoms with Crippen LogP contribution in [0.2, 0.25) is 0 Å². The second-order valence-corrected chi connectivity index (χ2v) is 8.36. The second-order valence-electron chi connectivity index (χ2n) is 7.52. The first-order chi connectivity index (χ1) is 14.4. The van der Waals surface area contributed by atoms with Crippen LogP contribution >= 0.6 is 11.8 Å². The summed E-state index contributed by atoms with van der Waals surface area (Å²) in [6.07, 6.45) is 1.10. The van der Waals surface area contributed by atoms with Gasteiger partial charge in [0, 0.05) is 11.7 Å². The fourth-order valence-electron chi connectivity index (χ4n) is 3.62. The van der Waals surface area contributed by atoms with E-state index in [9.17, 15) is 9.59 Å². The van der Waals surface area contributed by atoms with Crippen molar-refractivity contribution >= 4 is 28.8 Å². The smallest absolute Gasteiger partial charge is 0.338 e. The Morgan fingerprint density at radius 3 is 2.67 bits per heavy atom. The summed E-state index contributed by atoms with van der Waals surface area (Å²) < 4.78 is 5.38. The zero-order chi connectivity index (χ0) is 21.8. The van der Waals surface area contributed by atoms with Gasteiger partial charge in [0.15, 0.2) is 5.17 Å². The van der Waals surface area contributed by atoms with Gasteiger partial charge < -0.3 is 15.0 Å². The van der Waals surface area contributed by atoms with E-state index in [1.54, 1.807) is 6.92 Å². The average molecular weight is 428 g/mol. The van der Waals surface area contributed by atoms with Gasteiger partial charge in [-0.2, -0.15) is 0 Å². The minimum absolute atomic E-state index is 0.0371. The Kier molecular flexibility index (Phi) is 7.02. The average Bonchev–Trinajstić information content (AvgIpc) is 3.09. The fourth-order valence-corrected chi connectivity index (χ4v) is 4.58. The number of ether oxygens (including phenoxy) is 1. The number of aliphatic imine (C=N–C) groups is 1. The summed E-state index contributed by atoms with van der Waals surface area (Å²) in [5.74, 6) is -0.406. The molecule has 0 aliphatic carbocycles. The maximum Gasteiger partial charge on any atom is 0.338 e. The molecule has 30 heavy (non-hydrogen) atoms. The van der Waals surface area contributed by atoms with Crippen LogP contribution in [0.15, 0.2) is 51.6 Å². The number of aryl methyl sites for hydroxylation is 1. The lowest BCUT2D eigenvalue weighted by molar-refractivity contribution is -0.139. The van der Waals surface area contributed by atoms with Crippen LogP contribution in [0.4, 0.5) is 0 Å². The maximum atomic E-state index is 12.9. The molecule has 1 amide bonds. The molecule has 0 saturated carbocycles. The van der Waals surface area contributed by atoms with Crippen LogP contribution in [-0.2, 0) is 14.3 Å². The summed E-state index contributed by atoms with van der Waals surface area (Å²) >= 11 is 1.48. The summed E-state index contributed by atoms with van der Waals surface area (Å²) in [5, 5.41) is 5.76. The van der Waals surface area contributed by atoms with Crippen molar-refractivity contribution in [2.45, 2.75) is 59.5 Å². The van der Waals surface area contributed by atoms with Crippen LogP contribution in [-0.4, -0.2) is 34.6 Å². The number of carbonyl (C=O) groups is 2. The van der Waals surface area contributed by atoms with Crippen molar-refractivity contribution in [3.63, 3.8) is 0 Å². The summed E-state index contributed by atoms with van der Waals surface area (Å²) in [6.45, 7) is 9.99. The van der Waals surface area contributed by atoms with Crippen LogP contribution in [0.1, 0.15) is 57.7 Å². The molecular weight excluding hydrogens is 398 g/mol. The summed E-state index contributed by atoms with van der Waals surface area (Å²) in [7, 11) is 0. The number of hydrogen-bond acceptors (Lipinski definition) is 6. The quantitative estimate of drug-likeness (QED) is 0.652. The minimum atomic E-state index is -0.379. The van der Waals surface area contributed by atoms with E-state index in [0.29, 0.717) is 17.9 Å². The molecule has 2 atom stereocenters. The molecule has 0 fully saturated rings. The number of carbonyl (C=O) groups excluding carboxylic acids is 2. The highest BCUT2D eigenvalue weighted by atomic mass is 32.2. The molecule has 2 aliphatic heterocycles. The second kappa shape index (κ2) is 9.51. The molecule has 6 nitrogen and oxygen atoms in total. The van der Waals surface area contributed by atoms with E-state index in [2.05, 4.69) is 10.3 Å². The van der Waals surface area contributed by atoms with Gasteiger partial charge in [0.25, 0.3) is 0 Å². The van der Waals surface area contributed by atoms with Crippen molar-refractivity contribution in [3.05, 3.63) is 57.8 Å². The van der Waals surface area contributed by atoms with Gasteiger partial charge in [-0.25, -0.2) is 9.79 Å². The molecular formula is C23H29N3O3S. The highest BCUT2D eigenvalue weighted by Gasteiger charge is 2.41. The van der Waals surface area contributed by atoms with Crippen molar-refractivity contribution in [3.8, 4) is 0 Å². The monoisotopic (exact) mass is 427 g/mol. The van der Waals surface area contributed by atoms with Gasteiger partial charge in [-0.05, 0) is 50.7 Å². The molecule has 1 aromatic rings. The van der Waals surface area contributed by atoms with Crippen molar-refractivity contribution in [1.82, 2.24) is 10.2 Å². The van der Waals surface area contributed by atoms with E-state index in [1.165, 1.54) is 11.8 Å². The molecule has 0 bridgehead atoms. The Labute approximate surface area is 182 Å². The number of nitrogens with zero attached hydrogens (tertiary/aromatic N) is 2. The lowest BCUT2D eigenvalue weighted by Crippen LogP contribution is -2.39. The molecule has 7 heteroatoms.